The Labute approximate surface area is 148 Å². The highest BCUT2D eigenvalue weighted by molar-refractivity contribution is 5.77. The van der Waals surface area contributed by atoms with Crippen LogP contribution in [0.5, 0.6) is 0 Å². The molecule has 0 aliphatic heterocycles. The smallest absolute Gasteiger partial charge is 0.155 e. The second-order valence-corrected chi connectivity index (χ2v) is 6.28. The Bertz CT molecular complexity index is 372. The summed E-state index contributed by atoms with van der Waals surface area (Å²) in [4.78, 5) is 44.3. The van der Waals surface area contributed by atoms with Gasteiger partial charge in [0.15, 0.2) is 23.1 Å². The molecule has 0 fully saturated rings. The Hall–Kier alpha value is -1.48. The topological polar surface area (TPSA) is 105 Å². The first-order valence-electron chi connectivity index (χ1n) is 7.95. The Balaban J connectivity index is 4.96. The average Bonchev–Trinajstić information content (AvgIpc) is 2.45. The zero-order valence-corrected chi connectivity index (χ0v) is 15.4. The Morgan fingerprint density at radius 1 is 0.520 bits per heavy atom. The van der Waals surface area contributed by atoms with Crippen LogP contribution in [0, 0.1) is 5.41 Å². The third-order valence-corrected chi connectivity index (χ3v) is 2.85. The van der Waals surface area contributed by atoms with E-state index in [2.05, 4.69) is 0 Å². The summed E-state index contributed by atoms with van der Waals surface area (Å²) in [5, 5.41) is 0. The van der Waals surface area contributed by atoms with Crippen molar-refractivity contribution in [2.45, 2.75) is 27.7 Å². The van der Waals surface area contributed by atoms with Gasteiger partial charge in [-0.15, -0.1) is 0 Å². The van der Waals surface area contributed by atoms with Crippen molar-refractivity contribution in [3.05, 3.63) is 0 Å². The standard InChI is InChI=1S/C17H28O8/c1-13(18)5-22-9-17(10-23-6-14(2)19,11-24-7-15(3)20)12-25-8-16(4)21/h5-12H2,1-4H3. The number of ether oxygens (including phenoxy) is 4. The highest BCUT2D eigenvalue weighted by Crippen LogP contribution is 2.21. The van der Waals surface area contributed by atoms with Crippen molar-refractivity contribution in [2.75, 3.05) is 52.9 Å². The molecule has 0 atom stereocenters. The number of carbonyl (C=O) groups excluding carboxylic acids is 4. The van der Waals surface area contributed by atoms with Gasteiger partial charge in [-0.3, -0.25) is 19.2 Å². The molecule has 0 spiro atoms. The van der Waals surface area contributed by atoms with Crippen LogP contribution >= 0.6 is 0 Å². The van der Waals surface area contributed by atoms with Crippen molar-refractivity contribution in [1.29, 1.82) is 0 Å². The fourth-order valence-corrected chi connectivity index (χ4v) is 1.90. The summed E-state index contributed by atoms with van der Waals surface area (Å²) in [7, 11) is 0. The monoisotopic (exact) mass is 360 g/mol. The summed E-state index contributed by atoms with van der Waals surface area (Å²) in [6.45, 7) is 5.45. The minimum atomic E-state index is -0.851. The summed E-state index contributed by atoms with van der Waals surface area (Å²) in [5.74, 6) is -0.582. The number of rotatable bonds is 16. The van der Waals surface area contributed by atoms with Gasteiger partial charge >= 0.3 is 0 Å². The maximum atomic E-state index is 11.1. The van der Waals surface area contributed by atoms with Gasteiger partial charge in [-0.1, -0.05) is 0 Å². The van der Waals surface area contributed by atoms with Crippen molar-refractivity contribution in [3.8, 4) is 0 Å². The Morgan fingerprint density at radius 3 is 0.880 bits per heavy atom. The van der Waals surface area contributed by atoms with E-state index in [0.29, 0.717) is 0 Å². The zero-order chi connectivity index (χ0) is 19.3. The predicted molar refractivity (Wildman–Crippen MR) is 88.4 cm³/mol. The molecule has 144 valence electrons. The van der Waals surface area contributed by atoms with Crippen molar-refractivity contribution in [1.82, 2.24) is 0 Å². The molecule has 0 saturated carbocycles. The second kappa shape index (κ2) is 12.8. The lowest BCUT2D eigenvalue weighted by Gasteiger charge is -2.32. The summed E-state index contributed by atoms with van der Waals surface area (Å²) in [5.41, 5.74) is -0.851. The van der Waals surface area contributed by atoms with Crippen LogP contribution in [-0.4, -0.2) is 76.0 Å². The van der Waals surface area contributed by atoms with E-state index < -0.39 is 5.41 Å². The van der Waals surface area contributed by atoms with Crippen molar-refractivity contribution in [3.63, 3.8) is 0 Å². The van der Waals surface area contributed by atoms with Crippen molar-refractivity contribution in [2.24, 2.45) is 5.41 Å². The maximum Gasteiger partial charge on any atom is 0.155 e. The summed E-state index contributed by atoms with van der Waals surface area (Å²) in [6.07, 6.45) is 0. The molecule has 0 unspecified atom stereocenters. The van der Waals surface area contributed by atoms with Crippen molar-refractivity contribution >= 4 is 23.1 Å². The maximum absolute atomic E-state index is 11.1. The fraction of sp³-hybridized carbons (Fsp3) is 0.765. The van der Waals surface area contributed by atoms with Gasteiger partial charge in [-0.25, -0.2) is 0 Å². The van der Waals surface area contributed by atoms with Crippen LogP contribution in [0.25, 0.3) is 0 Å². The summed E-state index contributed by atoms with van der Waals surface area (Å²) < 4.78 is 21.6. The van der Waals surface area contributed by atoms with E-state index in [1.165, 1.54) is 27.7 Å². The molecule has 0 heterocycles. The molecule has 8 heteroatoms. The lowest BCUT2D eigenvalue weighted by molar-refractivity contribution is -0.140. The Kier molecular flexibility index (Phi) is 12.1. The molecule has 0 bridgehead atoms. The molecule has 0 aromatic rings. The van der Waals surface area contributed by atoms with Crippen LogP contribution in [0.1, 0.15) is 27.7 Å². The van der Waals surface area contributed by atoms with E-state index in [9.17, 15) is 19.2 Å². The van der Waals surface area contributed by atoms with E-state index in [4.69, 9.17) is 18.9 Å². The second-order valence-electron chi connectivity index (χ2n) is 6.28. The van der Waals surface area contributed by atoms with Crippen LogP contribution in [0.4, 0.5) is 0 Å². The summed E-state index contributed by atoms with van der Waals surface area (Å²) >= 11 is 0. The molecule has 0 aliphatic rings. The van der Waals surface area contributed by atoms with Crippen LogP contribution in [0.15, 0.2) is 0 Å². The molecule has 0 radical (unpaired) electrons. The minimum Gasteiger partial charge on any atom is -0.373 e. The van der Waals surface area contributed by atoms with E-state index in [1.807, 2.05) is 0 Å². The number of carbonyl (C=O) groups is 4. The minimum absolute atomic E-state index is 0.0558. The van der Waals surface area contributed by atoms with Gasteiger partial charge in [0.25, 0.3) is 0 Å². The first-order valence-corrected chi connectivity index (χ1v) is 7.95. The van der Waals surface area contributed by atoms with Crippen LogP contribution in [0.2, 0.25) is 0 Å². The molecule has 0 N–H and O–H groups in total. The van der Waals surface area contributed by atoms with Gasteiger partial charge in [0.1, 0.15) is 26.4 Å². The number of Topliss-reactive ketones (excluding diaryl/α,β-unsaturated/α-hetero) is 4. The fourth-order valence-electron chi connectivity index (χ4n) is 1.90. The zero-order valence-electron chi connectivity index (χ0n) is 15.4. The molecule has 0 aromatic carbocycles. The molecular formula is C17H28O8. The molecule has 0 rings (SSSR count). The largest absolute Gasteiger partial charge is 0.373 e. The van der Waals surface area contributed by atoms with Gasteiger partial charge in [0.05, 0.1) is 31.8 Å². The van der Waals surface area contributed by atoms with Crippen LogP contribution in [0.3, 0.4) is 0 Å². The van der Waals surface area contributed by atoms with Gasteiger partial charge < -0.3 is 18.9 Å². The lowest BCUT2D eigenvalue weighted by atomic mass is 9.92. The van der Waals surface area contributed by atoms with E-state index in [-0.39, 0.29) is 76.0 Å². The van der Waals surface area contributed by atoms with Gasteiger partial charge in [-0.2, -0.15) is 0 Å². The third kappa shape index (κ3) is 13.5. The van der Waals surface area contributed by atoms with Crippen LogP contribution < -0.4 is 0 Å². The van der Waals surface area contributed by atoms with Gasteiger partial charge in [0.2, 0.25) is 0 Å². The van der Waals surface area contributed by atoms with Gasteiger partial charge in [0, 0.05) is 0 Å². The third-order valence-electron chi connectivity index (χ3n) is 2.85. The number of hydrogen-bond acceptors (Lipinski definition) is 8. The molecule has 8 nitrogen and oxygen atoms in total. The summed E-state index contributed by atoms with van der Waals surface area (Å²) in [6, 6.07) is 0. The molecule has 0 saturated heterocycles. The highest BCUT2D eigenvalue weighted by atomic mass is 16.5. The van der Waals surface area contributed by atoms with Crippen LogP contribution in [-0.2, 0) is 38.1 Å². The quantitative estimate of drug-likeness (QED) is 0.389. The first kappa shape index (κ1) is 23.5. The predicted octanol–water partition coefficient (Wildman–Crippen LogP) is 0.395. The first-order chi connectivity index (χ1) is 11.7. The molecule has 25 heavy (non-hydrogen) atoms. The number of hydrogen-bond donors (Lipinski definition) is 0. The lowest BCUT2D eigenvalue weighted by Crippen LogP contribution is -2.43. The van der Waals surface area contributed by atoms with E-state index in [1.54, 1.807) is 0 Å². The van der Waals surface area contributed by atoms with Gasteiger partial charge in [-0.05, 0) is 27.7 Å². The average molecular weight is 360 g/mol. The Morgan fingerprint density at radius 2 is 0.720 bits per heavy atom. The molecular weight excluding hydrogens is 332 g/mol. The van der Waals surface area contributed by atoms with Crippen molar-refractivity contribution < 1.29 is 38.1 Å². The molecule has 0 aliphatic carbocycles. The normalized spacial score (nSPS) is 11.4. The highest BCUT2D eigenvalue weighted by Gasteiger charge is 2.33. The SMILES string of the molecule is CC(=O)COCC(COCC(C)=O)(COCC(C)=O)COCC(C)=O. The van der Waals surface area contributed by atoms with E-state index >= 15 is 0 Å². The number of ketones is 4. The molecule has 0 aromatic heterocycles. The van der Waals surface area contributed by atoms with E-state index in [0.717, 1.165) is 0 Å². The molecule has 0 amide bonds.